The molecule has 0 aliphatic rings. The number of methoxy groups -OCH3 is 1. The molecule has 1 nitrogen and oxygen atoms in total. The fourth-order valence-corrected chi connectivity index (χ4v) is 3.88. The van der Waals surface area contributed by atoms with Crippen molar-refractivity contribution in [2.24, 2.45) is 0 Å². The number of para-hydroxylation sites is 1. The van der Waals surface area contributed by atoms with Crippen LogP contribution in [0.4, 0.5) is 0 Å². The van der Waals surface area contributed by atoms with E-state index in [2.05, 4.69) is 43.4 Å². The molecule has 2 aromatic carbocycles. The molecule has 2 aromatic rings. The highest BCUT2D eigenvalue weighted by molar-refractivity contribution is 7.18. The largest absolute Gasteiger partial charge is 0.496 e. The summed E-state index contributed by atoms with van der Waals surface area (Å²) in [7, 11) is 0.0529. The van der Waals surface area contributed by atoms with Crippen LogP contribution in [0.3, 0.4) is 0 Å². The zero-order chi connectivity index (χ0) is 13.9. The van der Waals surface area contributed by atoms with Crippen LogP contribution in [0.5, 0.6) is 5.75 Å². The maximum absolute atomic E-state index is 6.48. The Morgan fingerprint density at radius 1 is 1.00 bits per heavy atom. The zero-order valence-corrected chi connectivity index (χ0v) is 13.4. The predicted molar refractivity (Wildman–Crippen MR) is 85.5 cm³/mol. The molecule has 100 valence electrons. The standard InChI is InChI=1S/C16H19ClOSi/c1-18-16-14(12-19(2,3)17)10-7-11-15(16)13-8-5-4-6-9-13/h4-11H,12H2,1-3H3. The highest BCUT2D eigenvalue weighted by Crippen LogP contribution is 2.34. The molecule has 0 spiro atoms. The minimum atomic E-state index is -1.68. The molecule has 2 rings (SSSR count). The topological polar surface area (TPSA) is 9.23 Å². The summed E-state index contributed by atoms with van der Waals surface area (Å²) in [6.45, 7) is 4.31. The van der Waals surface area contributed by atoms with Crippen molar-refractivity contribution in [2.75, 3.05) is 7.11 Å². The van der Waals surface area contributed by atoms with Gasteiger partial charge >= 0.3 is 0 Å². The lowest BCUT2D eigenvalue weighted by Crippen LogP contribution is -2.21. The Morgan fingerprint density at radius 3 is 2.26 bits per heavy atom. The molecule has 0 amide bonds. The van der Waals surface area contributed by atoms with E-state index in [0.29, 0.717) is 0 Å². The van der Waals surface area contributed by atoms with Crippen molar-refractivity contribution in [2.45, 2.75) is 19.1 Å². The third-order valence-electron chi connectivity index (χ3n) is 3.00. The van der Waals surface area contributed by atoms with Crippen LogP contribution < -0.4 is 4.74 Å². The fourth-order valence-electron chi connectivity index (χ4n) is 2.26. The number of benzene rings is 2. The number of rotatable bonds is 4. The lowest BCUT2D eigenvalue weighted by Gasteiger charge is -2.18. The maximum atomic E-state index is 6.48. The zero-order valence-electron chi connectivity index (χ0n) is 11.6. The van der Waals surface area contributed by atoms with E-state index in [1.165, 1.54) is 11.1 Å². The first-order valence-electron chi connectivity index (χ1n) is 6.41. The van der Waals surface area contributed by atoms with Crippen molar-refractivity contribution in [3.05, 3.63) is 54.1 Å². The van der Waals surface area contributed by atoms with Crippen molar-refractivity contribution < 1.29 is 4.74 Å². The van der Waals surface area contributed by atoms with Gasteiger partial charge in [-0.15, -0.1) is 0 Å². The van der Waals surface area contributed by atoms with Gasteiger partial charge in [0.2, 0.25) is 0 Å². The molecule has 0 aliphatic carbocycles. The van der Waals surface area contributed by atoms with Gasteiger partial charge in [-0.05, 0) is 17.2 Å². The van der Waals surface area contributed by atoms with Gasteiger partial charge in [-0.2, -0.15) is 11.1 Å². The molecule has 0 N–H and O–H groups in total. The van der Waals surface area contributed by atoms with E-state index < -0.39 is 7.38 Å². The van der Waals surface area contributed by atoms with Gasteiger partial charge in [0.05, 0.1) is 7.11 Å². The van der Waals surface area contributed by atoms with Crippen LogP contribution in [-0.4, -0.2) is 14.5 Å². The van der Waals surface area contributed by atoms with Crippen LogP contribution in [0.15, 0.2) is 48.5 Å². The van der Waals surface area contributed by atoms with Crippen LogP contribution in [0.1, 0.15) is 5.56 Å². The van der Waals surface area contributed by atoms with Crippen molar-refractivity contribution in [1.29, 1.82) is 0 Å². The minimum absolute atomic E-state index is 0.915. The van der Waals surface area contributed by atoms with Gasteiger partial charge in [0.25, 0.3) is 0 Å². The number of halogens is 1. The number of hydrogen-bond acceptors (Lipinski definition) is 1. The molecule has 0 saturated heterocycles. The van der Waals surface area contributed by atoms with Gasteiger partial charge in [0.15, 0.2) is 7.38 Å². The van der Waals surface area contributed by atoms with Crippen LogP contribution in [0.2, 0.25) is 13.1 Å². The van der Waals surface area contributed by atoms with Crippen LogP contribution in [0.25, 0.3) is 11.1 Å². The molecule has 0 fully saturated rings. The Labute approximate surface area is 120 Å². The Balaban J connectivity index is 2.49. The Morgan fingerprint density at radius 2 is 1.68 bits per heavy atom. The molecular formula is C16H19ClOSi. The molecule has 0 saturated carbocycles. The minimum Gasteiger partial charge on any atom is -0.496 e. The molecule has 0 bridgehead atoms. The van der Waals surface area contributed by atoms with E-state index in [1.54, 1.807) is 7.11 Å². The molecule has 0 radical (unpaired) electrons. The van der Waals surface area contributed by atoms with Gasteiger partial charge < -0.3 is 4.74 Å². The summed E-state index contributed by atoms with van der Waals surface area (Å²) in [6, 6.07) is 17.5. The molecule has 19 heavy (non-hydrogen) atoms. The molecule has 0 aliphatic heterocycles. The molecule has 0 atom stereocenters. The SMILES string of the molecule is COc1c(C[Si](C)(C)Cl)cccc1-c1ccccc1. The van der Waals surface area contributed by atoms with E-state index in [4.69, 9.17) is 15.8 Å². The summed E-state index contributed by atoms with van der Waals surface area (Å²) in [5, 5.41) is 0. The van der Waals surface area contributed by atoms with Crippen molar-refractivity contribution >= 4 is 18.5 Å². The first kappa shape index (κ1) is 14.2. The van der Waals surface area contributed by atoms with Crippen molar-refractivity contribution in [3.63, 3.8) is 0 Å². The molecule has 0 unspecified atom stereocenters. The highest BCUT2D eigenvalue weighted by Gasteiger charge is 2.21. The van der Waals surface area contributed by atoms with E-state index in [-0.39, 0.29) is 0 Å². The average molecular weight is 291 g/mol. The van der Waals surface area contributed by atoms with Crippen molar-refractivity contribution in [1.82, 2.24) is 0 Å². The molecular weight excluding hydrogens is 272 g/mol. The summed E-state index contributed by atoms with van der Waals surface area (Å²) < 4.78 is 5.64. The van der Waals surface area contributed by atoms with Crippen LogP contribution in [-0.2, 0) is 6.04 Å². The van der Waals surface area contributed by atoms with Gasteiger partial charge in [0, 0.05) is 5.56 Å². The smallest absolute Gasteiger partial charge is 0.154 e. The summed E-state index contributed by atoms with van der Waals surface area (Å²) in [5.41, 5.74) is 3.52. The highest BCUT2D eigenvalue weighted by atomic mass is 35.6. The number of ether oxygens (including phenoxy) is 1. The van der Waals surface area contributed by atoms with Gasteiger partial charge in [-0.3, -0.25) is 0 Å². The van der Waals surface area contributed by atoms with Gasteiger partial charge in [0.1, 0.15) is 5.75 Å². The second kappa shape index (κ2) is 5.80. The summed E-state index contributed by atoms with van der Waals surface area (Å²) in [4.78, 5) is 0. The second-order valence-corrected chi connectivity index (χ2v) is 12.1. The van der Waals surface area contributed by atoms with E-state index in [1.807, 2.05) is 18.2 Å². The van der Waals surface area contributed by atoms with Gasteiger partial charge in [-0.1, -0.05) is 61.6 Å². The lowest BCUT2D eigenvalue weighted by molar-refractivity contribution is 0.413. The monoisotopic (exact) mass is 290 g/mol. The predicted octanol–water partition coefficient (Wildman–Crippen LogP) is 4.89. The fraction of sp³-hybridized carbons (Fsp3) is 0.250. The second-order valence-electron chi connectivity index (χ2n) is 5.26. The molecule has 3 heteroatoms. The summed E-state index contributed by atoms with van der Waals surface area (Å²) >= 11 is 6.48. The number of hydrogen-bond donors (Lipinski definition) is 0. The average Bonchev–Trinajstić information content (AvgIpc) is 2.37. The van der Waals surface area contributed by atoms with Gasteiger partial charge in [-0.25, -0.2) is 0 Å². The molecule has 0 heterocycles. The van der Waals surface area contributed by atoms with E-state index in [0.717, 1.165) is 17.4 Å². The maximum Gasteiger partial charge on any atom is 0.154 e. The van der Waals surface area contributed by atoms with Crippen molar-refractivity contribution in [3.8, 4) is 16.9 Å². The Bertz CT molecular complexity index is 546. The first-order valence-corrected chi connectivity index (χ1v) is 10.6. The first-order chi connectivity index (χ1) is 9.01. The lowest BCUT2D eigenvalue weighted by atomic mass is 10.0. The van der Waals surface area contributed by atoms with E-state index in [9.17, 15) is 0 Å². The third kappa shape index (κ3) is 3.61. The van der Waals surface area contributed by atoms with E-state index >= 15 is 0 Å². The Hall–Kier alpha value is -1.25. The Kier molecular flexibility index (Phi) is 4.33. The molecule has 0 aromatic heterocycles. The summed E-state index contributed by atoms with van der Waals surface area (Å²) in [5.74, 6) is 0.954. The van der Waals surface area contributed by atoms with Crippen LogP contribution in [0, 0.1) is 0 Å². The third-order valence-corrected chi connectivity index (χ3v) is 4.62. The normalized spacial score (nSPS) is 11.4. The van der Waals surface area contributed by atoms with Crippen LogP contribution >= 0.6 is 11.1 Å². The summed E-state index contributed by atoms with van der Waals surface area (Å²) in [6.07, 6.45) is 0. The quantitative estimate of drug-likeness (QED) is 0.575.